The van der Waals surface area contributed by atoms with Crippen LogP contribution in [0.4, 0.5) is 8.78 Å². The summed E-state index contributed by atoms with van der Waals surface area (Å²) in [6.07, 6.45) is -2.78. The number of benzene rings is 1. The minimum absolute atomic E-state index is 0.112. The van der Waals surface area contributed by atoms with Crippen LogP contribution in [0.5, 0.6) is 0 Å². The number of halogens is 2. The average Bonchev–Trinajstić information content (AvgIpc) is 2.46. The number of rotatable bonds is 5. The number of aromatic nitrogens is 2. The predicted octanol–water partition coefficient (Wildman–Crippen LogP) is 1.29. The monoisotopic (exact) mass is 329 g/mol. The van der Waals surface area contributed by atoms with E-state index in [0.717, 1.165) is 0 Å². The molecule has 118 valence electrons. The summed E-state index contributed by atoms with van der Waals surface area (Å²) >= 11 is 0. The zero-order valence-electron chi connectivity index (χ0n) is 11.5. The van der Waals surface area contributed by atoms with Crippen molar-refractivity contribution < 1.29 is 17.2 Å². The highest BCUT2D eigenvalue weighted by Gasteiger charge is 2.19. The molecule has 2 aromatic rings. The maximum Gasteiger partial charge on any atom is 0.264 e. The van der Waals surface area contributed by atoms with Crippen molar-refractivity contribution in [1.82, 2.24) is 14.9 Å². The fourth-order valence-corrected chi connectivity index (χ4v) is 3.08. The molecule has 2 rings (SSSR count). The van der Waals surface area contributed by atoms with Gasteiger partial charge in [-0.05, 0) is 24.6 Å². The highest BCUT2D eigenvalue weighted by atomic mass is 32.2. The SMILES string of the molecule is Cc1ccc(-c2ccc(=O)[nH]n2)cc1S(=O)(=O)NCC(F)F. The van der Waals surface area contributed by atoms with Crippen LogP contribution >= 0.6 is 0 Å². The van der Waals surface area contributed by atoms with E-state index in [-0.39, 0.29) is 10.5 Å². The second-order valence-electron chi connectivity index (χ2n) is 4.53. The number of aromatic amines is 1. The minimum atomic E-state index is -4.05. The van der Waals surface area contributed by atoms with Gasteiger partial charge in [-0.3, -0.25) is 4.79 Å². The van der Waals surface area contributed by atoms with Crippen molar-refractivity contribution in [3.8, 4) is 11.3 Å². The summed E-state index contributed by atoms with van der Waals surface area (Å²) in [4.78, 5) is 10.9. The quantitative estimate of drug-likeness (QED) is 0.864. The van der Waals surface area contributed by atoms with Crippen LogP contribution < -0.4 is 10.3 Å². The van der Waals surface area contributed by atoms with Crippen LogP contribution in [0.25, 0.3) is 11.3 Å². The van der Waals surface area contributed by atoms with Crippen molar-refractivity contribution in [3.05, 3.63) is 46.2 Å². The molecule has 0 aliphatic rings. The molecular weight excluding hydrogens is 316 g/mol. The van der Waals surface area contributed by atoms with Crippen LogP contribution in [0.15, 0.2) is 40.0 Å². The molecule has 1 aromatic heterocycles. The lowest BCUT2D eigenvalue weighted by Gasteiger charge is -2.10. The summed E-state index contributed by atoms with van der Waals surface area (Å²) in [5, 5.41) is 6.04. The van der Waals surface area contributed by atoms with Gasteiger partial charge in [0.2, 0.25) is 10.0 Å². The van der Waals surface area contributed by atoms with Gasteiger partial charge in [-0.2, -0.15) is 5.10 Å². The summed E-state index contributed by atoms with van der Waals surface area (Å²) in [7, 11) is -4.05. The molecule has 1 aromatic carbocycles. The zero-order chi connectivity index (χ0) is 16.3. The third kappa shape index (κ3) is 3.74. The molecular formula is C13H13F2N3O3S. The molecule has 1 heterocycles. The van der Waals surface area contributed by atoms with Crippen LogP contribution in [0, 0.1) is 6.92 Å². The fourth-order valence-electron chi connectivity index (χ4n) is 1.80. The molecule has 0 saturated carbocycles. The lowest BCUT2D eigenvalue weighted by molar-refractivity contribution is 0.153. The van der Waals surface area contributed by atoms with Crippen molar-refractivity contribution in [2.75, 3.05) is 6.54 Å². The van der Waals surface area contributed by atoms with Crippen molar-refractivity contribution in [1.29, 1.82) is 0 Å². The van der Waals surface area contributed by atoms with Crippen molar-refractivity contribution in [2.45, 2.75) is 18.2 Å². The van der Waals surface area contributed by atoms with Gasteiger partial charge in [0.1, 0.15) is 0 Å². The Hall–Kier alpha value is -2.13. The summed E-state index contributed by atoms with van der Waals surface area (Å²) in [6, 6.07) is 7.18. The van der Waals surface area contributed by atoms with Crippen molar-refractivity contribution in [2.24, 2.45) is 0 Å². The van der Waals surface area contributed by atoms with E-state index in [1.165, 1.54) is 18.2 Å². The molecule has 0 unspecified atom stereocenters. The first-order valence-corrected chi connectivity index (χ1v) is 7.72. The molecule has 0 spiro atoms. The van der Waals surface area contributed by atoms with Gasteiger partial charge in [0.15, 0.2) is 0 Å². The highest BCUT2D eigenvalue weighted by molar-refractivity contribution is 7.89. The first kappa shape index (κ1) is 16.2. The van der Waals surface area contributed by atoms with Gasteiger partial charge in [-0.1, -0.05) is 12.1 Å². The third-order valence-electron chi connectivity index (χ3n) is 2.88. The van der Waals surface area contributed by atoms with Gasteiger partial charge in [-0.15, -0.1) is 0 Å². The van der Waals surface area contributed by atoms with Crippen molar-refractivity contribution in [3.63, 3.8) is 0 Å². The maximum absolute atomic E-state index is 12.2. The highest BCUT2D eigenvalue weighted by Crippen LogP contribution is 2.23. The standard InChI is InChI=1S/C13H13F2N3O3S/c1-8-2-3-9(10-4-5-13(19)18-17-10)6-11(8)22(20,21)16-7-12(14)15/h2-6,12,16H,7H2,1H3,(H,18,19). The summed E-state index contributed by atoms with van der Waals surface area (Å²) in [5.41, 5.74) is 0.835. The maximum atomic E-state index is 12.2. The molecule has 0 amide bonds. The van der Waals surface area contributed by atoms with Crippen LogP contribution in [0.2, 0.25) is 0 Å². The summed E-state index contributed by atoms with van der Waals surface area (Å²) in [5.74, 6) is 0. The smallest absolute Gasteiger partial charge is 0.264 e. The number of alkyl halides is 2. The van der Waals surface area contributed by atoms with E-state index in [0.29, 0.717) is 16.8 Å². The Morgan fingerprint density at radius 2 is 2.00 bits per heavy atom. The van der Waals surface area contributed by atoms with Crippen LogP contribution in [0.3, 0.4) is 0 Å². The van der Waals surface area contributed by atoms with E-state index >= 15 is 0 Å². The van der Waals surface area contributed by atoms with Gasteiger partial charge in [0.25, 0.3) is 12.0 Å². The largest absolute Gasteiger partial charge is 0.268 e. The minimum Gasteiger partial charge on any atom is -0.268 e. The second-order valence-corrected chi connectivity index (χ2v) is 6.27. The Balaban J connectivity index is 2.42. The zero-order valence-corrected chi connectivity index (χ0v) is 12.3. The molecule has 0 radical (unpaired) electrons. The van der Waals surface area contributed by atoms with E-state index in [1.807, 2.05) is 4.72 Å². The normalized spacial score (nSPS) is 11.8. The number of sulfonamides is 1. The Morgan fingerprint density at radius 3 is 2.59 bits per heavy atom. The molecule has 0 saturated heterocycles. The molecule has 0 atom stereocenters. The molecule has 0 fully saturated rings. The molecule has 0 aliphatic heterocycles. The first-order valence-electron chi connectivity index (χ1n) is 6.24. The Kier molecular flexibility index (Phi) is 4.67. The van der Waals surface area contributed by atoms with Gasteiger partial charge >= 0.3 is 0 Å². The third-order valence-corrected chi connectivity index (χ3v) is 4.45. The Morgan fingerprint density at radius 1 is 1.27 bits per heavy atom. The van der Waals surface area contributed by atoms with Gasteiger partial charge in [0.05, 0.1) is 17.1 Å². The number of hydrogen-bond acceptors (Lipinski definition) is 4. The molecule has 2 N–H and O–H groups in total. The molecule has 0 aliphatic carbocycles. The lowest BCUT2D eigenvalue weighted by Crippen LogP contribution is -2.29. The second kappa shape index (κ2) is 6.32. The van der Waals surface area contributed by atoms with E-state index in [1.54, 1.807) is 19.1 Å². The topological polar surface area (TPSA) is 91.9 Å². The lowest BCUT2D eigenvalue weighted by atomic mass is 10.1. The van der Waals surface area contributed by atoms with E-state index in [9.17, 15) is 22.0 Å². The Labute approximate surface area is 125 Å². The van der Waals surface area contributed by atoms with E-state index in [2.05, 4.69) is 10.2 Å². The molecule has 6 nitrogen and oxygen atoms in total. The average molecular weight is 329 g/mol. The summed E-state index contributed by atoms with van der Waals surface area (Å²) < 4.78 is 50.4. The van der Waals surface area contributed by atoms with Crippen molar-refractivity contribution >= 4 is 10.0 Å². The molecule has 22 heavy (non-hydrogen) atoms. The van der Waals surface area contributed by atoms with Gasteiger partial charge in [-0.25, -0.2) is 27.0 Å². The number of nitrogens with one attached hydrogen (secondary N) is 2. The van der Waals surface area contributed by atoms with Gasteiger partial charge < -0.3 is 0 Å². The number of aryl methyl sites for hydroxylation is 1. The molecule has 9 heteroatoms. The van der Waals surface area contributed by atoms with Crippen LogP contribution in [0.1, 0.15) is 5.56 Å². The number of hydrogen-bond donors (Lipinski definition) is 2. The van der Waals surface area contributed by atoms with Crippen LogP contribution in [-0.2, 0) is 10.0 Å². The number of nitrogens with zero attached hydrogens (tertiary/aromatic N) is 1. The van der Waals surface area contributed by atoms with E-state index < -0.39 is 23.0 Å². The fraction of sp³-hybridized carbons (Fsp3) is 0.231. The predicted molar refractivity (Wildman–Crippen MR) is 76.2 cm³/mol. The summed E-state index contributed by atoms with van der Waals surface area (Å²) in [6.45, 7) is 0.601. The van der Waals surface area contributed by atoms with Crippen LogP contribution in [-0.4, -0.2) is 31.6 Å². The Bertz CT molecular complexity index is 814. The number of H-pyrrole nitrogens is 1. The molecule has 0 bridgehead atoms. The van der Waals surface area contributed by atoms with Gasteiger partial charge in [0, 0.05) is 11.6 Å². The first-order chi connectivity index (χ1) is 10.3. The van der Waals surface area contributed by atoms with E-state index in [4.69, 9.17) is 0 Å².